The van der Waals surface area contributed by atoms with Crippen molar-refractivity contribution in [1.29, 1.82) is 5.26 Å². The lowest BCUT2D eigenvalue weighted by Crippen LogP contribution is -2.13. The van der Waals surface area contributed by atoms with Gasteiger partial charge in [-0.3, -0.25) is 0 Å². The molecule has 0 amide bonds. The molecular weight excluding hydrogens is 599 g/mol. The van der Waals surface area contributed by atoms with E-state index in [0.717, 1.165) is 55.6 Å². The van der Waals surface area contributed by atoms with Crippen molar-refractivity contribution in [2.24, 2.45) is 0 Å². The van der Waals surface area contributed by atoms with Gasteiger partial charge in [-0.05, 0) is 66.7 Å². The summed E-state index contributed by atoms with van der Waals surface area (Å²) in [6, 6.07) is 58.0. The molecular formula is C44H27N5. The quantitative estimate of drug-likeness (QED) is 0.179. The molecule has 0 saturated carbocycles. The lowest BCUT2D eigenvalue weighted by molar-refractivity contribution is 1.15. The van der Waals surface area contributed by atoms with Crippen molar-refractivity contribution in [1.82, 2.24) is 9.13 Å². The van der Waals surface area contributed by atoms with Crippen LogP contribution in [0, 0.1) is 17.9 Å². The first kappa shape index (κ1) is 28.2. The number of aromatic nitrogens is 2. The summed E-state index contributed by atoms with van der Waals surface area (Å²) in [6.45, 7) is 8.20. The van der Waals surface area contributed by atoms with E-state index in [-0.39, 0.29) is 0 Å². The van der Waals surface area contributed by atoms with Crippen molar-refractivity contribution in [2.75, 3.05) is 4.90 Å². The van der Waals surface area contributed by atoms with E-state index < -0.39 is 0 Å². The fourth-order valence-corrected chi connectivity index (χ4v) is 7.38. The molecule has 2 aromatic heterocycles. The molecule has 5 nitrogen and oxygen atoms in total. The Morgan fingerprint density at radius 2 is 1.00 bits per heavy atom. The minimum Gasteiger partial charge on any atom is -0.319 e. The molecule has 0 atom stereocenters. The first-order valence-corrected chi connectivity index (χ1v) is 16.1. The minimum atomic E-state index is 0.405. The molecule has 0 saturated heterocycles. The van der Waals surface area contributed by atoms with Crippen LogP contribution in [0.15, 0.2) is 164 Å². The average molecular weight is 626 g/mol. The topological polar surface area (TPSA) is 41.2 Å². The molecule has 2 heterocycles. The smallest absolute Gasteiger partial charge is 0.212 e. The molecule has 49 heavy (non-hydrogen) atoms. The van der Waals surface area contributed by atoms with Crippen LogP contribution in [0.1, 0.15) is 5.56 Å². The second-order valence-corrected chi connectivity index (χ2v) is 12.0. The molecule has 0 aliphatic heterocycles. The van der Waals surface area contributed by atoms with Crippen LogP contribution in [-0.4, -0.2) is 9.13 Å². The van der Waals surface area contributed by atoms with Gasteiger partial charge in [-0.1, -0.05) is 97.1 Å². The summed E-state index contributed by atoms with van der Waals surface area (Å²) in [5, 5.41) is 15.6. The molecule has 0 spiro atoms. The van der Waals surface area contributed by atoms with E-state index in [0.29, 0.717) is 16.9 Å². The predicted molar refractivity (Wildman–Crippen MR) is 201 cm³/mol. The molecule has 0 radical (unpaired) electrons. The van der Waals surface area contributed by atoms with Crippen LogP contribution >= 0.6 is 0 Å². The summed E-state index contributed by atoms with van der Waals surface area (Å²) in [6.07, 6.45) is 0. The summed E-state index contributed by atoms with van der Waals surface area (Å²) in [7, 11) is 0. The number of nitriles is 1. The maximum Gasteiger partial charge on any atom is 0.212 e. The predicted octanol–water partition coefficient (Wildman–Crippen LogP) is 11.8. The van der Waals surface area contributed by atoms with Crippen LogP contribution < -0.4 is 4.90 Å². The number of anilines is 3. The summed E-state index contributed by atoms with van der Waals surface area (Å²) in [4.78, 5) is 5.97. The van der Waals surface area contributed by atoms with Gasteiger partial charge < -0.3 is 14.0 Å². The second kappa shape index (κ2) is 11.3. The number of fused-ring (bicyclic) bond motifs is 7. The molecule has 9 rings (SSSR count). The third-order valence-electron chi connectivity index (χ3n) is 9.35. The van der Waals surface area contributed by atoms with E-state index in [2.05, 4.69) is 98.9 Å². The van der Waals surface area contributed by atoms with Crippen molar-refractivity contribution in [3.05, 3.63) is 181 Å². The summed E-state index contributed by atoms with van der Waals surface area (Å²) in [5.41, 5.74) is 9.18. The van der Waals surface area contributed by atoms with E-state index >= 15 is 0 Å². The highest BCUT2D eigenvalue weighted by Crippen LogP contribution is 2.47. The van der Waals surface area contributed by atoms with E-state index in [1.807, 2.05) is 89.8 Å². The van der Waals surface area contributed by atoms with Crippen LogP contribution in [0.2, 0.25) is 0 Å². The minimum absolute atomic E-state index is 0.405. The number of nitrogens with zero attached hydrogens (tertiary/aromatic N) is 5. The van der Waals surface area contributed by atoms with Gasteiger partial charge in [0.1, 0.15) is 6.07 Å². The molecule has 0 fully saturated rings. The van der Waals surface area contributed by atoms with Gasteiger partial charge in [-0.2, -0.15) is 5.26 Å². The van der Waals surface area contributed by atoms with Gasteiger partial charge in [0.2, 0.25) is 5.69 Å². The molecule has 0 N–H and O–H groups in total. The van der Waals surface area contributed by atoms with E-state index in [4.69, 9.17) is 6.57 Å². The van der Waals surface area contributed by atoms with Gasteiger partial charge in [0.05, 0.1) is 45.6 Å². The second-order valence-electron chi connectivity index (χ2n) is 12.0. The zero-order valence-corrected chi connectivity index (χ0v) is 26.3. The highest BCUT2D eigenvalue weighted by atomic mass is 15.2. The monoisotopic (exact) mass is 625 g/mol. The highest BCUT2D eigenvalue weighted by Gasteiger charge is 2.26. The van der Waals surface area contributed by atoms with Crippen LogP contribution in [0.5, 0.6) is 0 Å². The number of para-hydroxylation sites is 5. The zero-order valence-electron chi connectivity index (χ0n) is 26.3. The average Bonchev–Trinajstić information content (AvgIpc) is 3.69. The third-order valence-corrected chi connectivity index (χ3v) is 9.35. The van der Waals surface area contributed by atoms with Crippen molar-refractivity contribution in [3.63, 3.8) is 0 Å². The molecule has 228 valence electrons. The van der Waals surface area contributed by atoms with Crippen molar-refractivity contribution < 1.29 is 0 Å². The van der Waals surface area contributed by atoms with E-state index in [1.54, 1.807) is 0 Å². The standard InChI is InChI=1S/C44H27N5/c1-46-36-25-26-39(35(29-45)44(36)47(30-15-5-2-6-16-30)31-17-7-3-8-18-31)49-38-24-14-12-22-34(38)43-41(49)28-27-40-42(43)33-21-11-13-23-37(33)48(40)32-19-9-4-10-20-32/h2-28H. The fraction of sp³-hybridized carbons (Fsp3) is 0. The molecule has 0 aliphatic carbocycles. The van der Waals surface area contributed by atoms with Crippen molar-refractivity contribution in [3.8, 4) is 17.4 Å². The van der Waals surface area contributed by atoms with Crippen LogP contribution in [0.25, 0.3) is 59.8 Å². The Labute approximate surface area is 283 Å². The van der Waals surface area contributed by atoms with Gasteiger partial charge in [-0.15, -0.1) is 0 Å². The summed E-state index contributed by atoms with van der Waals surface area (Å²) >= 11 is 0. The molecule has 5 heteroatoms. The molecule has 0 unspecified atom stereocenters. The normalized spacial score (nSPS) is 11.2. The molecule has 0 bridgehead atoms. The number of hydrogen-bond acceptors (Lipinski definition) is 2. The Balaban J connectivity index is 1.41. The lowest BCUT2D eigenvalue weighted by Gasteiger charge is -2.28. The van der Waals surface area contributed by atoms with Gasteiger partial charge in [0.15, 0.2) is 0 Å². The van der Waals surface area contributed by atoms with Gasteiger partial charge >= 0.3 is 0 Å². The zero-order chi connectivity index (χ0) is 32.9. The maximum absolute atomic E-state index is 11.1. The van der Waals surface area contributed by atoms with Crippen molar-refractivity contribution in [2.45, 2.75) is 0 Å². The van der Waals surface area contributed by atoms with Gasteiger partial charge in [0.25, 0.3) is 0 Å². The fourth-order valence-electron chi connectivity index (χ4n) is 7.38. The van der Waals surface area contributed by atoms with Crippen LogP contribution in [0.4, 0.5) is 22.7 Å². The Kier molecular flexibility index (Phi) is 6.50. The number of hydrogen-bond donors (Lipinski definition) is 0. The first-order chi connectivity index (χ1) is 24.3. The number of benzene rings is 7. The maximum atomic E-state index is 11.1. The Morgan fingerprint density at radius 1 is 0.510 bits per heavy atom. The van der Waals surface area contributed by atoms with Crippen LogP contribution in [-0.2, 0) is 0 Å². The van der Waals surface area contributed by atoms with E-state index in [9.17, 15) is 5.26 Å². The number of rotatable bonds is 5. The highest BCUT2D eigenvalue weighted by molar-refractivity contribution is 6.29. The van der Waals surface area contributed by atoms with Gasteiger partial charge in [0, 0.05) is 38.6 Å². The Morgan fingerprint density at radius 3 is 1.55 bits per heavy atom. The largest absolute Gasteiger partial charge is 0.319 e. The SMILES string of the molecule is [C-]#[N+]c1ccc(-n2c3ccccc3c3c4c5ccccc5n(-c5ccccc5)c4ccc32)c(C#N)c1N(c1ccccc1)c1ccccc1. The lowest BCUT2D eigenvalue weighted by atomic mass is 10.0. The summed E-state index contributed by atoms with van der Waals surface area (Å²) in [5.74, 6) is 0. The third kappa shape index (κ3) is 4.24. The molecule has 9 aromatic rings. The molecule has 7 aromatic carbocycles. The van der Waals surface area contributed by atoms with Crippen LogP contribution in [0.3, 0.4) is 0 Å². The first-order valence-electron chi connectivity index (χ1n) is 16.1. The van der Waals surface area contributed by atoms with Gasteiger partial charge in [-0.25, -0.2) is 4.85 Å². The summed E-state index contributed by atoms with van der Waals surface area (Å²) < 4.78 is 4.53. The van der Waals surface area contributed by atoms with Crippen molar-refractivity contribution >= 4 is 66.4 Å². The Hall–Kier alpha value is -7.08. The van der Waals surface area contributed by atoms with E-state index in [1.165, 1.54) is 10.8 Å². The Bertz CT molecular complexity index is 2740. The molecule has 0 aliphatic rings.